The van der Waals surface area contributed by atoms with Crippen LogP contribution in [0.3, 0.4) is 0 Å². The summed E-state index contributed by atoms with van der Waals surface area (Å²) < 4.78 is 0. The summed E-state index contributed by atoms with van der Waals surface area (Å²) in [7, 11) is 0. The average Bonchev–Trinajstić information content (AvgIpc) is 2.43. The van der Waals surface area contributed by atoms with Gasteiger partial charge >= 0.3 is 0 Å². The van der Waals surface area contributed by atoms with Crippen molar-refractivity contribution in [1.82, 2.24) is 10.2 Å². The molecule has 0 saturated carbocycles. The number of piperidine rings is 1. The Hall–Kier alpha value is -0.860. The molecule has 2 nitrogen and oxygen atoms in total. The van der Waals surface area contributed by atoms with E-state index in [0.717, 1.165) is 12.5 Å². The molecule has 1 heterocycles. The van der Waals surface area contributed by atoms with Crippen molar-refractivity contribution in [3.63, 3.8) is 0 Å². The minimum absolute atomic E-state index is 0.443. The third-order valence-electron chi connectivity index (χ3n) is 4.66. The van der Waals surface area contributed by atoms with Crippen LogP contribution in [0, 0.1) is 19.8 Å². The molecule has 0 bridgehead atoms. The van der Waals surface area contributed by atoms with Gasteiger partial charge in [-0.3, -0.25) is 0 Å². The normalized spacial score (nSPS) is 19.2. The summed E-state index contributed by atoms with van der Waals surface area (Å²) in [5.74, 6) is 0.924. The van der Waals surface area contributed by atoms with Gasteiger partial charge in [0.2, 0.25) is 0 Å². The first-order valence-electron chi connectivity index (χ1n) is 8.09. The van der Waals surface area contributed by atoms with Crippen molar-refractivity contribution in [3.05, 3.63) is 34.9 Å². The van der Waals surface area contributed by atoms with Gasteiger partial charge in [0.15, 0.2) is 0 Å². The lowest BCUT2D eigenvalue weighted by Crippen LogP contribution is -2.38. The summed E-state index contributed by atoms with van der Waals surface area (Å²) in [5.41, 5.74) is 4.18. The lowest BCUT2D eigenvalue weighted by Gasteiger charge is -2.30. The van der Waals surface area contributed by atoms with Crippen LogP contribution in [0.1, 0.15) is 49.4 Å². The number of nitrogens with zero attached hydrogens (tertiary/aromatic N) is 1. The van der Waals surface area contributed by atoms with Crippen molar-refractivity contribution < 1.29 is 0 Å². The van der Waals surface area contributed by atoms with Crippen LogP contribution in [-0.2, 0) is 0 Å². The highest BCUT2D eigenvalue weighted by atomic mass is 15.1. The molecule has 0 radical (unpaired) electrons. The van der Waals surface area contributed by atoms with E-state index in [2.05, 4.69) is 56.1 Å². The van der Waals surface area contributed by atoms with Gasteiger partial charge in [0.25, 0.3) is 0 Å². The molecule has 0 amide bonds. The van der Waals surface area contributed by atoms with E-state index in [4.69, 9.17) is 0 Å². The maximum atomic E-state index is 3.68. The third kappa shape index (κ3) is 4.32. The van der Waals surface area contributed by atoms with E-state index < -0.39 is 0 Å². The second-order valence-electron chi connectivity index (χ2n) is 6.56. The molecule has 1 atom stereocenters. The van der Waals surface area contributed by atoms with Crippen LogP contribution in [0.15, 0.2) is 18.2 Å². The van der Waals surface area contributed by atoms with Gasteiger partial charge in [-0.1, -0.05) is 30.7 Å². The van der Waals surface area contributed by atoms with Gasteiger partial charge < -0.3 is 10.2 Å². The quantitative estimate of drug-likeness (QED) is 0.881. The second-order valence-corrected chi connectivity index (χ2v) is 6.56. The predicted octanol–water partition coefficient (Wildman–Crippen LogP) is 3.69. The van der Waals surface area contributed by atoms with Crippen LogP contribution in [0.2, 0.25) is 0 Å². The molecule has 0 aliphatic carbocycles. The topological polar surface area (TPSA) is 15.3 Å². The lowest BCUT2D eigenvalue weighted by molar-refractivity contribution is 0.191. The van der Waals surface area contributed by atoms with Crippen molar-refractivity contribution in [2.45, 2.75) is 46.6 Å². The number of hydrogen-bond donors (Lipinski definition) is 1. The molecule has 1 aliphatic heterocycles. The van der Waals surface area contributed by atoms with Gasteiger partial charge in [0.05, 0.1) is 0 Å². The van der Waals surface area contributed by atoms with Crippen LogP contribution < -0.4 is 5.32 Å². The van der Waals surface area contributed by atoms with Crippen molar-refractivity contribution in [1.29, 1.82) is 0 Å². The monoisotopic (exact) mass is 274 g/mol. The molecule has 1 unspecified atom stereocenters. The number of likely N-dealkylation sites (tertiary alicyclic amines) is 1. The summed E-state index contributed by atoms with van der Waals surface area (Å²) >= 11 is 0. The highest BCUT2D eigenvalue weighted by Crippen LogP contribution is 2.19. The van der Waals surface area contributed by atoms with Gasteiger partial charge in [-0.15, -0.1) is 0 Å². The molecule has 0 aromatic heterocycles. The highest BCUT2D eigenvalue weighted by molar-refractivity contribution is 5.32. The first-order valence-corrected chi connectivity index (χ1v) is 8.09. The fraction of sp³-hybridized carbons (Fsp3) is 0.667. The molecule has 2 heteroatoms. The van der Waals surface area contributed by atoms with E-state index in [9.17, 15) is 0 Å². The molecular weight excluding hydrogens is 244 g/mol. The molecule has 1 aromatic rings. The highest BCUT2D eigenvalue weighted by Gasteiger charge is 2.15. The Balaban J connectivity index is 1.77. The number of aryl methyl sites for hydroxylation is 2. The Labute approximate surface area is 124 Å². The number of nitrogens with one attached hydrogen (secondary N) is 1. The van der Waals surface area contributed by atoms with Crippen molar-refractivity contribution in [2.75, 3.05) is 26.2 Å². The molecule has 2 rings (SSSR count). The molecular formula is C18H30N2. The van der Waals surface area contributed by atoms with Crippen LogP contribution in [0.4, 0.5) is 0 Å². The van der Waals surface area contributed by atoms with E-state index in [1.54, 1.807) is 0 Å². The van der Waals surface area contributed by atoms with E-state index in [1.165, 1.54) is 49.2 Å². The van der Waals surface area contributed by atoms with Crippen molar-refractivity contribution in [3.8, 4) is 0 Å². The Morgan fingerprint density at radius 1 is 1.25 bits per heavy atom. The van der Waals surface area contributed by atoms with Crippen LogP contribution in [-0.4, -0.2) is 31.1 Å². The Morgan fingerprint density at radius 2 is 1.95 bits per heavy atom. The molecule has 20 heavy (non-hydrogen) atoms. The molecule has 1 aliphatic rings. The van der Waals surface area contributed by atoms with E-state index in [0.29, 0.717) is 6.04 Å². The van der Waals surface area contributed by atoms with Crippen LogP contribution >= 0.6 is 0 Å². The van der Waals surface area contributed by atoms with E-state index in [1.807, 2.05) is 0 Å². The van der Waals surface area contributed by atoms with E-state index >= 15 is 0 Å². The standard InChI is InChI=1S/C18H30N2/c1-14-7-10-20(11-8-14)12-9-19-17(4)18-13-15(2)5-6-16(18)3/h5-6,13-14,17,19H,7-12H2,1-4H3. The van der Waals surface area contributed by atoms with Crippen LogP contribution in [0.5, 0.6) is 0 Å². The lowest BCUT2D eigenvalue weighted by atomic mass is 9.99. The summed E-state index contributed by atoms with van der Waals surface area (Å²) in [6.07, 6.45) is 2.74. The van der Waals surface area contributed by atoms with Gasteiger partial charge in [0, 0.05) is 19.1 Å². The second kappa shape index (κ2) is 7.24. The zero-order valence-electron chi connectivity index (χ0n) is 13.6. The Kier molecular flexibility index (Phi) is 5.62. The fourth-order valence-corrected chi connectivity index (χ4v) is 3.06. The van der Waals surface area contributed by atoms with E-state index in [-0.39, 0.29) is 0 Å². The minimum Gasteiger partial charge on any atom is -0.309 e. The minimum atomic E-state index is 0.443. The van der Waals surface area contributed by atoms with Gasteiger partial charge in [-0.05, 0) is 63.7 Å². The van der Waals surface area contributed by atoms with Crippen LogP contribution in [0.25, 0.3) is 0 Å². The number of rotatable bonds is 5. The molecule has 1 N–H and O–H groups in total. The smallest absolute Gasteiger partial charge is 0.0295 e. The molecule has 0 spiro atoms. The number of benzene rings is 1. The van der Waals surface area contributed by atoms with Crippen molar-refractivity contribution in [2.24, 2.45) is 5.92 Å². The Bertz CT molecular complexity index is 419. The predicted molar refractivity (Wildman–Crippen MR) is 87.2 cm³/mol. The molecule has 1 saturated heterocycles. The summed E-state index contributed by atoms with van der Waals surface area (Å²) in [6, 6.07) is 7.18. The maximum Gasteiger partial charge on any atom is 0.0295 e. The molecule has 112 valence electrons. The first-order chi connectivity index (χ1) is 9.56. The summed E-state index contributed by atoms with van der Waals surface area (Å²) in [5, 5.41) is 3.68. The van der Waals surface area contributed by atoms with Crippen molar-refractivity contribution >= 4 is 0 Å². The summed E-state index contributed by atoms with van der Waals surface area (Å²) in [4.78, 5) is 2.60. The first kappa shape index (κ1) is 15.5. The zero-order valence-corrected chi connectivity index (χ0v) is 13.6. The Morgan fingerprint density at radius 3 is 2.65 bits per heavy atom. The maximum absolute atomic E-state index is 3.68. The summed E-state index contributed by atoms with van der Waals surface area (Å²) in [6.45, 7) is 13.9. The SMILES string of the molecule is Cc1ccc(C)c(C(C)NCCN2CCC(C)CC2)c1. The van der Waals surface area contributed by atoms with Gasteiger partial charge in [-0.25, -0.2) is 0 Å². The largest absolute Gasteiger partial charge is 0.309 e. The zero-order chi connectivity index (χ0) is 14.5. The average molecular weight is 274 g/mol. The molecule has 1 aromatic carbocycles. The third-order valence-corrected chi connectivity index (χ3v) is 4.66. The fourth-order valence-electron chi connectivity index (χ4n) is 3.06. The van der Waals surface area contributed by atoms with Gasteiger partial charge in [-0.2, -0.15) is 0 Å². The van der Waals surface area contributed by atoms with Gasteiger partial charge in [0.1, 0.15) is 0 Å². The number of hydrogen-bond acceptors (Lipinski definition) is 2. The molecule has 1 fully saturated rings.